The zero-order chi connectivity index (χ0) is 19.8. The summed E-state index contributed by atoms with van der Waals surface area (Å²) in [6, 6.07) is 16.2. The number of pyridine rings is 1. The monoisotopic (exact) mass is 385 g/mol. The molecule has 5 aromatic rings. The van der Waals surface area contributed by atoms with E-state index in [0.29, 0.717) is 22.5 Å². The molecule has 0 amide bonds. The molecular weight excluding hydrogens is 369 g/mol. The third kappa shape index (κ3) is 3.23. The summed E-state index contributed by atoms with van der Waals surface area (Å²) < 4.78 is 22.0. The molecule has 3 heterocycles. The van der Waals surface area contributed by atoms with Crippen molar-refractivity contribution in [3.8, 4) is 11.5 Å². The first kappa shape index (κ1) is 17.1. The van der Waals surface area contributed by atoms with Crippen molar-refractivity contribution in [2.45, 2.75) is 6.92 Å². The van der Waals surface area contributed by atoms with Crippen LogP contribution in [0.3, 0.4) is 0 Å². The van der Waals surface area contributed by atoms with Gasteiger partial charge in [0.1, 0.15) is 29.5 Å². The Kier molecular flexibility index (Phi) is 4.05. The van der Waals surface area contributed by atoms with Gasteiger partial charge in [0.15, 0.2) is 0 Å². The van der Waals surface area contributed by atoms with Crippen LogP contribution < -0.4 is 10.1 Å². The minimum atomic E-state index is -0.365. The number of anilines is 2. The van der Waals surface area contributed by atoms with Crippen molar-refractivity contribution in [3.05, 3.63) is 84.7 Å². The highest BCUT2D eigenvalue weighted by Gasteiger charge is 2.10. The molecule has 0 atom stereocenters. The SMILES string of the molecule is Cc1cc(Nc2ncnc3cccc(F)c23)ccc1Oc1ccc2ccnn2c1. The molecule has 5 rings (SSSR count). The van der Waals surface area contributed by atoms with Crippen LogP contribution >= 0.6 is 0 Å². The molecule has 0 unspecified atom stereocenters. The molecule has 6 nitrogen and oxygen atoms in total. The van der Waals surface area contributed by atoms with Crippen LogP contribution in [-0.2, 0) is 0 Å². The summed E-state index contributed by atoms with van der Waals surface area (Å²) in [5.74, 6) is 1.47. The van der Waals surface area contributed by atoms with Crippen LogP contribution in [0, 0.1) is 12.7 Å². The Labute approximate surface area is 165 Å². The van der Waals surface area contributed by atoms with Gasteiger partial charge in [-0.1, -0.05) is 6.07 Å². The Balaban J connectivity index is 1.43. The fourth-order valence-electron chi connectivity index (χ4n) is 3.22. The van der Waals surface area contributed by atoms with Crippen molar-refractivity contribution in [3.63, 3.8) is 0 Å². The van der Waals surface area contributed by atoms with Gasteiger partial charge < -0.3 is 10.1 Å². The first-order valence-corrected chi connectivity index (χ1v) is 9.05. The molecule has 3 aromatic heterocycles. The summed E-state index contributed by atoms with van der Waals surface area (Å²) >= 11 is 0. The molecule has 0 aliphatic carbocycles. The van der Waals surface area contributed by atoms with E-state index in [4.69, 9.17) is 4.74 Å². The lowest BCUT2D eigenvalue weighted by Crippen LogP contribution is -1.98. The van der Waals surface area contributed by atoms with Crippen LogP contribution in [0.4, 0.5) is 15.9 Å². The van der Waals surface area contributed by atoms with Gasteiger partial charge in [-0.3, -0.25) is 0 Å². The van der Waals surface area contributed by atoms with Crippen LogP contribution in [0.25, 0.3) is 16.4 Å². The molecule has 142 valence electrons. The fourth-order valence-corrected chi connectivity index (χ4v) is 3.22. The van der Waals surface area contributed by atoms with Crippen LogP contribution in [0.15, 0.2) is 73.3 Å². The Morgan fingerprint density at radius 1 is 1.03 bits per heavy atom. The highest BCUT2D eigenvalue weighted by molar-refractivity contribution is 5.91. The van der Waals surface area contributed by atoms with Gasteiger partial charge in [0.25, 0.3) is 0 Å². The molecule has 0 saturated heterocycles. The number of nitrogens with one attached hydrogen (secondary N) is 1. The smallest absolute Gasteiger partial charge is 0.145 e. The molecule has 0 saturated carbocycles. The molecule has 0 radical (unpaired) electrons. The summed E-state index contributed by atoms with van der Waals surface area (Å²) in [5, 5.41) is 7.76. The van der Waals surface area contributed by atoms with Gasteiger partial charge in [-0.25, -0.2) is 18.9 Å². The molecule has 7 heteroatoms. The summed E-state index contributed by atoms with van der Waals surface area (Å²) in [6.45, 7) is 1.95. The number of halogens is 1. The second kappa shape index (κ2) is 6.87. The average molecular weight is 385 g/mol. The first-order valence-electron chi connectivity index (χ1n) is 9.05. The van der Waals surface area contributed by atoms with Gasteiger partial charge in [0, 0.05) is 11.9 Å². The Morgan fingerprint density at radius 3 is 2.86 bits per heavy atom. The number of rotatable bonds is 4. The van der Waals surface area contributed by atoms with Crippen LogP contribution in [0.2, 0.25) is 0 Å². The van der Waals surface area contributed by atoms with Crippen molar-refractivity contribution in [1.82, 2.24) is 19.6 Å². The number of hydrogen-bond donors (Lipinski definition) is 1. The van der Waals surface area contributed by atoms with Gasteiger partial charge in [0.2, 0.25) is 0 Å². The van der Waals surface area contributed by atoms with E-state index in [2.05, 4.69) is 20.4 Å². The summed E-state index contributed by atoms with van der Waals surface area (Å²) in [5.41, 5.74) is 3.25. The molecule has 0 spiro atoms. The lowest BCUT2D eigenvalue weighted by atomic mass is 10.2. The van der Waals surface area contributed by atoms with Gasteiger partial charge in [-0.2, -0.15) is 5.10 Å². The maximum absolute atomic E-state index is 14.3. The molecule has 0 fully saturated rings. The Morgan fingerprint density at radius 2 is 1.97 bits per heavy atom. The number of hydrogen-bond acceptors (Lipinski definition) is 5. The minimum absolute atomic E-state index is 0.362. The molecule has 1 N–H and O–H groups in total. The van der Waals surface area contributed by atoms with E-state index in [-0.39, 0.29) is 5.82 Å². The van der Waals surface area contributed by atoms with Crippen LogP contribution in [-0.4, -0.2) is 19.6 Å². The van der Waals surface area contributed by atoms with E-state index in [0.717, 1.165) is 22.5 Å². The van der Waals surface area contributed by atoms with Crippen molar-refractivity contribution in [1.29, 1.82) is 0 Å². The second-order valence-corrected chi connectivity index (χ2v) is 6.63. The average Bonchev–Trinajstić information content (AvgIpc) is 3.18. The third-order valence-electron chi connectivity index (χ3n) is 4.65. The van der Waals surface area contributed by atoms with E-state index in [1.807, 2.05) is 49.5 Å². The molecule has 0 aliphatic heterocycles. The van der Waals surface area contributed by atoms with E-state index in [1.54, 1.807) is 22.8 Å². The van der Waals surface area contributed by atoms with Gasteiger partial charge in [0.05, 0.1) is 22.6 Å². The molecular formula is C22H16FN5O. The quantitative estimate of drug-likeness (QED) is 0.457. The molecule has 0 bridgehead atoms. The maximum Gasteiger partial charge on any atom is 0.145 e. The van der Waals surface area contributed by atoms with Crippen molar-refractivity contribution in [2.24, 2.45) is 0 Å². The van der Waals surface area contributed by atoms with E-state index in [9.17, 15) is 4.39 Å². The number of aromatic nitrogens is 4. The molecule has 0 aliphatic rings. The van der Waals surface area contributed by atoms with Crippen LogP contribution in [0.1, 0.15) is 5.56 Å². The zero-order valence-electron chi connectivity index (χ0n) is 15.5. The third-order valence-corrected chi connectivity index (χ3v) is 4.65. The normalized spacial score (nSPS) is 11.1. The highest BCUT2D eigenvalue weighted by Crippen LogP contribution is 2.30. The fraction of sp³-hybridized carbons (Fsp3) is 0.0455. The second-order valence-electron chi connectivity index (χ2n) is 6.63. The van der Waals surface area contributed by atoms with Gasteiger partial charge in [-0.05, 0) is 61.0 Å². The van der Waals surface area contributed by atoms with E-state index in [1.165, 1.54) is 12.4 Å². The van der Waals surface area contributed by atoms with E-state index >= 15 is 0 Å². The lowest BCUT2D eigenvalue weighted by Gasteiger charge is -2.13. The van der Waals surface area contributed by atoms with Gasteiger partial charge >= 0.3 is 0 Å². The number of fused-ring (bicyclic) bond motifs is 2. The van der Waals surface area contributed by atoms with Crippen molar-refractivity contribution < 1.29 is 9.13 Å². The largest absolute Gasteiger partial charge is 0.455 e. The lowest BCUT2D eigenvalue weighted by molar-refractivity contribution is 0.475. The predicted octanol–water partition coefficient (Wildman–Crippen LogP) is 5.26. The van der Waals surface area contributed by atoms with E-state index < -0.39 is 0 Å². The zero-order valence-corrected chi connectivity index (χ0v) is 15.5. The molecule has 2 aromatic carbocycles. The van der Waals surface area contributed by atoms with Crippen molar-refractivity contribution in [2.75, 3.05) is 5.32 Å². The van der Waals surface area contributed by atoms with Crippen molar-refractivity contribution >= 4 is 27.9 Å². The highest BCUT2D eigenvalue weighted by atomic mass is 19.1. The number of aryl methyl sites for hydroxylation is 1. The summed E-state index contributed by atoms with van der Waals surface area (Å²) in [4.78, 5) is 8.33. The Bertz CT molecular complexity index is 1340. The van der Waals surface area contributed by atoms with Gasteiger partial charge in [-0.15, -0.1) is 0 Å². The molecule has 29 heavy (non-hydrogen) atoms. The standard InChI is InChI=1S/C22H16FN5O/c1-14-11-15(27-22-21-18(23)3-2-4-19(21)24-13-25-22)5-8-20(14)29-17-7-6-16-9-10-26-28(16)12-17/h2-13H,1H3,(H,24,25,27). The number of nitrogens with zero attached hydrogens (tertiary/aromatic N) is 4. The Hall–Kier alpha value is -4.00. The number of benzene rings is 2. The first-order chi connectivity index (χ1) is 14.2. The number of ether oxygens (including phenoxy) is 1. The topological polar surface area (TPSA) is 64.3 Å². The summed E-state index contributed by atoms with van der Waals surface area (Å²) in [7, 11) is 0. The summed E-state index contributed by atoms with van der Waals surface area (Å²) in [6.07, 6.45) is 4.99. The van der Waals surface area contributed by atoms with Crippen LogP contribution in [0.5, 0.6) is 11.5 Å². The predicted molar refractivity (Wildman–Crippen MR) is 109 cm³/mol. The minimum Gasteiger partial charge on any atom is -0.455 e. The maximum atomic E-state index is 14.3.